The van der Waals surface area contributed by atoms with Crippen LogP contribution in [0.15, 0.2) is 41.6 Å². The van der Waals surface area contributed by atoms with Gasteiger partial charge in [0.25, 0.3) is 15.9 Å². The van der Waals surface area contributed by atoms with E-state index in [9.17, 15) is 18.0 Å². The van der Waals surface area contributed by atoms with Crippen molar-refractivity contribution in [2.45, 2.75) is 37.8 Å². The van der Waals surface area contributed by atoms with E-state index < -0.39 is 28.0 Å². The largest absolute Gasteiger partial charge is 0.452 e. The molecule has 0 radical (unpaired) electrons. The molecule has 1 aliphatic heterocycles. The van der Waals surface area contributed by atoms with Crippen LogP contribution in [-0.4, -0.2) is 60.4 Å². The maximum absolute atomic E-state index is 12.8. The minimum Gasteiger partial charge on any atom is -0.452 e. The van der Waals surface area contributed by atoms with Crippen molar-refractivity contribution in [2.24, 2.45) is 13.0 Å². The van der Waals surface area contributed by atoms with Crippen LogP contribution in [0.3, 0.4) is 0 Å². The highest BCUT2D eigenvalue weighted by Crippen LogP contribution is 2.25. The van der Waals surface area contributed by atoms with Crippen LogP contribution in [0.25, 0.3) is 0 Å². The average Bonchev–Trinajstić information content (AvgIpc) is 3.12. The molecule has 2 heterocycles. The summed E-state index contributed by atoms with van der Waals surface area (Å²) in [6.45, 7) is 3.68. The number of ether oxygens (including phenoxy) is 1. The standard InChI is InChI=1S/C21H28N4O5S/c1-15(20(26)24(4)18-8-6-5-7-9-18)30-21(27)17-10-12-25(13-11-17)31(28,29)19-14-23(3)16(2)22-19/h5-9,14-15,17H,10-13H2,1-4H3. The molecule has 0 saturated carbocycles. The van der Waals surface area contributed by atoms with E-state index in [1.807, 2.05) is 18.2 Å². The summed E-state index contributed by atoms with van der Waals surface area (Å²) in [6.07, 6.45) is 1.22. The number of para-hydroxylation sites is 1. The summed E-state index contributed by atoms with van der Waals surface area (Å²) in [5.74, 6) is -0.650. The maximum atomic E-state index is 12.8. The Morgan fingerprint density at radius 2 is 1.81 bits per heavy atom. The minimum absolute atomic E-state index is 0.0108. The highest BCUT2D eigenvalue weighted by Gasteiger charge is 2.35. The zero-order valence-corrected chi connectivity index (χ0v) is 19.0. The number of esters is 1. The van der Waals surface area contributed by atoms with Gasteiger partial charge in [0.15, 0.2) is 11.1 Å². The summed E-state index contributed by atoms with van der Waals surface area (Å²) in [6, 6.07) is 9.10. The van der Waals surface area contributed by atoms with Crippen LogP contribution < -0.4 is 4.90 Å². The van der Waals surface area contributed by atoms with Crippen LogP contribution >= 0.6 is 0 Å². The van der Waals surface area contributed by atoms with Crippen molar-refractivity contribution in [3.8, 4) is 0 Å². The molecule has 9 nitrogen and oxygen atoms in total. The molecule has 2 aromatic rings. The smallest absolute Gasteiger partial charge is 0.309 e. The summed E-state index contributed by atoms with van der Waals surface area (Å²) >= 11 is 0. The van der Waals surface area contributed by atoms with Crippen LogP contribution in [0.2, 0.25) is 0 Å². The number of amides is 1. The number of nitrogens with zero attached hydrogens (tertiary/aromatic N) is 4. The summed E-state index contributed by atoms with van der Waals surface area (Å²) < 4.78 is 34.0. The molecule has 1 aromatic carbocycles. The molecule has 1 aromatic heterocycles. The van der Waals surface area contributed by atoms with Gasteiger partial charge in [0.05, 0.1) is 5.92 Å². The summed E-state index contributed by atoms with van der Waals surface area (Å²) in [7, 11) is -0.336. The number of aromatic nitrogens is 2. The van der Waals surface area contributed by atoms with Crippen LogP contribution in [0.5, 0.6) is 0 Å². The predicted molar refractivity (Wildman–Crippen MR) is 115 cm³/mol. The molecule has 1 aliphatic rings. The monoisotopic (exact) mass is 448 g/mol. The van der Waals surface area contributed by atoms with E-state index in [4.69, 9.17) is 4.74 Å². The zero-order chi connectivity index (χ0) is 22.8. The van der Waals surface area contributed by atoms with Crippen molar-refractivity contribution >= 4 is 27.6 Å². The first-order chi connectivity index (χ1) is 14.6. The Morgan fingerprint density at radius 1 is 1.19 bits per heavy atom. The Hall–Kier alpha value is -2.72. The van der Waals surface area contributed by atoms with E-state index in [1.165, 1.54) is 15.4 Å². The Bertz CT molecular complexity index is 1020. The van der Waals surface area contributed by atoms with Crippen molar-refractivity contribution in [1.29, 1.82) is 0 Å². The lowest BCUT2D eigenvalue weighted by molar-refractivity contribution is -0.159. The first kappa shape index (κ1) is 23.0. The van der Waals surface area contributed by atoms with E-state index in [2.05, 4.69) is 4.98 Å². The molecule has 1 unspecified atom stereocenters. The molecule has 0 N–H and O–H groups in total. The number of anilines is 1. The van der Waals surface area contributed by atoms with E-state index >= 15 is 0 Å². The Labute approximate surface area is 182 Å². The molecule has 1 fully saturated rings. The van der Waals surface area contributed by atoms with Gasteiger partial charge in [-0.25, -0.2) is 13.4 Å². The molecule has 168 valence electrons. The summed E-state index contributed by atoms with van der Waals surface area (Å²) in [5, 5.41) is 0.0108. The number of rotatable bonds is 6. The van der Waals surface area contributed by atoms with Crippen molar-refractivity contribution in [2.75, 3.05) is 25.0 Å². The van der Waals surface area contributed by atoms with Gasteiger partial charge in [0.2, 0.25) is 0 Å². The normalized spacial score (nSPS) is 16.6. The van der Waals surface area contributed by atoms with Crippen molar-refractivity contribution < 1.29 is 22.7 Å². The van der Waals surface area contributed by atoms with Gasteiger partial charge in [-0.3, -0.25) is 9.59 Å². The average molecular weight is 449 g/mol. The molecule has 31 heavy (non-hydrogen) atoms. The van der Waals surface area contributed by atoms with Crippen LogP contribution in [0.4, 0.5) is 5.69 Å². The fourth-order valence-electron chi connectivity index (χ4n) is 3.49. The van der Waals surface area contributed by atoms with Gasteiger partial charge in [-0.1, -0.05) is 18.2 Å². The van der Waals surface area contributed by atoms with Crippen LogP contribution in [0, 0.1) is 12.8 Å². The van der Waals surface area contributed by atoms with E-state index in [-0.39, 0.29) is 24.0 Å². The number of carbonyl (C=O) groups is 2. The molecular weight excluding hydrogens is 420 g/mol. The van der Waals surface area contributed by atoms with E-state index in [0.29, 0.717) is 24.4 Å². The van der Waals surface area contributed by atoms with E-state index in [1.54, 1.807) is 44.6 Å². The van der Waals surface area contributed by atoms with Crippen molar-refractivity contribution in [1.82, 2.24) is 13.9 Å². The number of likely N-dealkylation sites (N-methyl/N-ethyl adjacent to an activating group) is 1. The fourth-order valence-corrected chi connectivity index (χ4v) is 4.98. The van der Waals surface area contributed by atoms with E-state index in [0.717, 1.165) is 0 Å². The number of imidazole rings is 1. The Balaban J connectivity index is 1.55. The fraction of sp³-hybridized carbons (Fsp3) is 0.476. The van der Waals surface area contributed by atoms with Gasteiger partial charge in [-0.2, -0.15) is 4.31 Å². The lowest BCUT2D eigenvalue weighted by Gasteiger charge is -2.30. The molecule has 1 atom stereocenters. The Kier molecular flexibility index (Phi) is 6.80. The second kappa shape index (κ2) is 9.19. The van der Waals surface area contributed by atoms with Gasteiger partial charge in [0.1, 0.15) is 5.82 Å². The molecule has 3 rings (SSSR count). The topological polar surface area (TPSA) is 102 Å². The van der Waals surface area contributed by atoms with Crippen molar-refractivity contribution in [3.63, 3.8) is 0 Å². The third-order valence-electron chi connectivity index (χ3n) is 5.59. The molecule has 1 amide bonds. The highest BCUT2D eigenvalue weighted by molar-refractivity contribution is 7.89. The molecule has 0 spiro atoms. The van der Waals surface area contributed by atoms with Crippen molar-refractivity contribution in [3.05, 3.63) is 42.4 Å². The van der Waals surface area contributed by atoms with Gasteiger partial charge in [0, 0.05) is 39.1 Å². The molecule has 10 heteroatoms. The summed E-state index contributed by atoms with van der Waals surface area (Å²) in [5.41, 5.74) is 0.707. The predicted octanol–water partition coefficient (Wildman–Crippen LogP) is 1.72. The second-order valence-electron chi connectivity index (χ2n) is 7.73. The maximum Gasteiger partial charge on any atom is 0.309 e. The van der Waals surface area contributed by atoms with Gasteiger partial charge in [-0.05, 0) is 38.8 Å². The number of piperidine rings is 1. The molecule has 0 bridgehead atoms. The quantitative estimate of drug-likeness (QED) is 0.624. The second-order valence-corrected chi connectivity index (χ2v) is 9.61. The number of carbonyl (C=O) groups excluding carboxylic acids is 2. The Morgan fingerprint density at radius 3 is 2.35 bits per heavy atom. The summed E-state index contributed by atoms with van der Waals surface area (Å²) in [4.78, 5) is 30.7. The number of hydrogen-bond acceptors (Lipinski definition) is 6. The molecule has 0 aliphatic carbocycles. The lowest BCUT2D eigenvalue weighted by atomic mass is 9.98. The number of benzene rings is 1. The number of aryl methyl sites for hydroxylation is 2. The first-order valence-corrected chi connectivity index (χ1v) is 11.6. The third kappa shape index (κ3) is 4.96. The third-order valence-corrected chi connectivity index (χ3v) is 7.36. The number of hydrogen-bond donors (Lipinski definition) is 0. The minimum atomic E-state index is -3.70. The SMILES string of the molecule is Cc1nc(S(=O)(=O)N2CCC(C(=O)OC(C)C(=O)N(C)c3ccccc3)CC2)cn1C. The highest BCUT2D eigenvalue weighted by atomic mass is 32.2. The zero-order valence-electron chi connectivity index (χ0n) is 18.2. The van der Waals surface area contributed by atoms with Crippen LogP contribution in [-0.2, 0) is 31.4 Å². The lowest BCUT2D eigenvalue weighted by Crippen LogP contribution is -2.43. The first-order valence-electron chi connectivity index (χ1n) is 10.1. The molecule has 1 saturated heterocycles. The number of sulfonamides is 1. The van der Waals surface area contributed by atoms with Gasteiger partial charge < -0.3 is 14.2 Å². The van der Waals surface area contributed by atoms with Gasteiger partial charge >= 0.3 is 5.97 Å². The van der Waals surface area contributed by atoms with Crippen LogP contribution in [0.1, 0.15) is 25.6 Å². The molecular formula is C21H28N4O5S. The van der Waals surface area contributed by atoms with Gasteiger partial charge in [-0.15, -0.1) is 0 Å².